The normalized spacial score (nSPS) is 13.2. The van der Waals surface area contributed by atoms with Crippen LogP contribution < -0.4 is 4.74 Å². The third-order valence-electron chi connectivity index (χ3n) is 3.46. The van der Waals surface area contributed by atoms with E-state index in [-0.39, 0.29) is 0 Å². The van der Waals surface area contributed by atoms with E-state index in [4.69, 9.17) is 10.00 Å². The van der Waals surface area contributed by atoms with Crippen LogP contribution in [0.5, 0.6) is 5.75 Å². The van der Waals surface area contributed by atoms with E-state index in [1.165, 1.54) is 11.1 Å². The zero-order valence-corrected chi connectivity index (χ0v) is 11.0. The number of hydrogen-bond donors (Lipinski definition) is 0. The Balaban J connectivity index is 1.87. The molecule has 2 rings (SSSR count). The quantitative estimate of drug-likeness (QED) is 0.771. The third-order valence-corrected chi connectivity index (χ3v) is 3.46. The Kier molecular flexibility index (Phi) is 4.60. The minimum absolute atomic E-state index is 0.617. The SMILES string of the molecule is CCN(CCC#N)CCc1ccc2c(c1)CCO2. The van der Waals surface area contributed by atoms with Crippen molar-refractivity contribution in [2.45, 2.75) is 26.2 Å². The first-order valence-electron chi connectivity index (χ1n) is 6.67. The highest BCUT2D eigenvalue weighted by Gasteiger charge is 2.12. The highest BCUT2D eigenvalue weighted by Crippen LogP contribution is 2.25. The van der Waals surface area contributed by atoms with Gasteiger partial charge in [0.2, 0.25) is 0 Å². The Hall–Kier alpha value is -1.53. The summed E-state index contributed by atoms with van der Waals surface area (Å²) in [5, 5.41) is 8.61. The summed E-state index contributed by atoms with van der Waals surface area (Å²) in [5.74, 6) is 1.05. The molecule has 0 fully saturated rings. The molecule has 0 aromatic heterocycles. The Bertz CT molecular complexity index is 437. The Morgan fingerprint density at radius 3 is 3.06 bits per heavy atom. The molecule has 0 bridgehead atoms. The average Bonchev–Trinajstić information content (AvgIpc) is 2.86. The van der Waals surface area contributed by atoms with Crippen molar-refractivity contribution in [3.05, 3.63) is 29.3 Å². The van der Waals surface area contributed by atoms with Gasteiger partial charge in [-0.2, -0.15) is 5.26 Å². The third kappa shape index (κ3) is 3.24. The summed E-state index contributed by atoms with van der Waals surface area (Å²) < 4.78 is 5.51. The van der Waals surface area contributed by atoms with E-state index in [0.717, 1.165) is 44.8 Å². The van der Waals surface area contributed by atoms with Crippen LogP contribution in [0.1, 0.15) is 24.5 Å². The highest BCUT2D eigenvalue weighted by atomic mass is 16.5. The van der Waals surface area contributed by atoms with Crippen molar-refractivity contribution < 1.29 is 4.74 Å². The van der Waals surface area contributed by atoms with E-state index in [1.54, 1.807) is 0 Å². The lowest BCUT2D eigenvalue weighted by atomic mass is 10.1. The monoisotopic (exact) mass is 244 g/mol. The van der Waals surface area contributed by atoms with Crippen molar-refractivity contribution in [1.29, 1.82) is 5.26 Å². The zero-order valence-electron chi connectivity index (χ0n) is 11.0. The summed E-state index contributed by atoms with van der Waals surface area (Å²) in [6.07, 6.45) is 2.70. The van der Waals surface area contributed by atoms with Gasteiger partial charge in [-0.1, -0.05) is 19.1 Å². The molecule has 0 aliphatic carbocycles. The van der Waals surface area contributed by atoms with E-state index in [1.807, 2.05) is 0 Å². The van der Waals surface area contributed by atoms with Gasteiger partial charge in [0, 0.05) is 25.9 Å². The second kappa shape index (κ2) is 6.42. The summed E-state index contributed by atoms with van der Waals surface area (Å²) in [6, 6.07) is 8.71. The lowest BCUT2D eigenvalue weighted by molar-refractivity contribution is 0.298. The molecule has 18 heavy (non-hydrogen) atoms. The molecule has 0 saturated carbocycles. The van der Waals surface area contributed by atoms with Crippen LogP contribution in [0.15, 0.2) is 18.2 Å². The fraction of sp³-hybridized carbons (Fsp3) is 0.533. The van der Waals surface area contributed by atoms with Crippen LogP contribution in [0.3, 0.4) is 0 Å². The molecule has 0 saturated heterocycles. The minimum atomic E-state index is 0.617. The van der Waals surface area contributed by atoms with Crippen molar-refractivity contribution in [2.75, 3.05) is 26.2 Å². The minimum Gasteiger partial charge on any atom is -0.493 e. The standard InChI is InChI=1S/C15H20N2O/c1-2-17(9-3-8-16)10-6-13-4-5-15-14(12-13)7-11-18-15/h4-5,12H,2-3,6-7,9-11H2,1H3. The lowest BCUT2D eigenvalue weighted by Gasteiger charge is -2.18. The molecule has 0 spiro atoms. The van der Waals surface area contributed by atoms with Crippen molar-refractivity contribution in [2.24, 2.45) is 0 Å². The molecule has 3 nitrogen and oxygen atoms in total. The molecule has 0 atom stereocenters. The van der Waals surface area contributed by atoms with Crippen LogP contribution >= 0.6 is 0 Å². The number of benzene rings is 1. The molecule has 0 N–H and O–H groups in total. The second-order valence-corrected chi connectivity index (χ2v) is 4.63. The summed E-state index contributed by atoms with van der Waals surface area (Å²) >= 11 is 0. The molecule has 1 aromatic carbocycles. The number of rotatable bonds is 6. The van der Waals surface area contributed by atoms with Gasteiger partial charge in [0.25, 0.3) is 0 Å². The van der Waals surface area contributed by atoms with Gasteiger partial charge in [0.05, 0.1) is 12.7 Å². The maximum atomic E-state index is 8.61. The van der Waals surface area contributed by atoms with Gasteiger partial charge in [-0.05, 0) is 30.2 Å². The smallest absolute Gasteiger partial charge is 0.122 e. The van der Waals surface area contributed by atoms with Crippen LogP contribution in [0, 0.1) is 11.3 Å². The predicted molar refractivity (Wildman–Crippen MR) is 71.7 cm³/mol. The van der Waals surface area contributed by atoms with Gasteiger partial charge in [0.1, 0.15) is 5.75 Å². The first-order valence-corrected chi connectivity index (χ1v) is 6.67. The molecular formula is C15H20N2O. The molecule has 1 aromatic rings. The highest BCUT2D eigenvalue weighted by molar-refractivity contribution is 5.39. The van der Waals surface area contributed by atoms with E-state index in [2.05, 4.69) is 36.1 Å². The predicted octanol–water partition coefficient (Wildman–Crippen LogP) is 2.40. The Morgan fingerprint density at radius 2 is 2.28 bits per heavy atom. The van der Waals surface area contributed by atoms with E-state index in [0.29, 0.717) is 6.42 Å². The Labute approximate surface area is 109 Å². The van der Waals surface area contributed by atoms with Crippen molar-refractivity contribution in [3.8, 4) is 11.8 Å². The number of nitrogens with zero attached hydrogens (tertiary/aromatic N) is 2. The molecule has 1 aliphatic heterocycles. The van der Waals surface area contributed by atoms with Crippen LogP contribution in [0.4, 0.5) is 0 Å². The van der Waals surface area contributed by atoms with Gasteiger partial charge >= 0.3 is 0 Å². The largest absolute Gasteiger partial charge is 0.493 e. The number of ether oxygens (including phenoxy) is 1. The molecule has 0 radical (unpaired) electrons. The van der Waals surface area contributed by atoms with Crippen LogP contribution in [-0.4, -0.2) is 31.1 Å². The maximum Gasteiger partial charge on any atom is 0.122 e. The molecule has 0 unspecified atom stereocenters. The van der Waals surface area contributed by atoms with E-state index >= 15 is 0 Å². The average molecular weight is 244 g/mol. The zero-order chi connectivity index (χ0) is 12.8. The number of likely N-dealkylation sites (N-methyl/N-ethyl adjacent to an activating group) is 1. The van der Waals surface area contributed by atoms with Crippen molar-refractivity contribution in [1.82, 2.24) is 4.90 Å². The van der Waals surface area contributed by atoms with Crippen LogP contribution in [0.25, 0.3) is 0 Å². The van der Waals surface area contributed by atoms with Crippen molar-refractivity contribution >= 4 is 0 Å². The van der Waals surface area contributed by atoms with Gasteiger partial charge in [0.15, 0.2) is 0 Å². The molecule has 3 heteroatoms. The Morgan fingerprint density at radius 1 is 1.39 bits per heavy atom. The topological polar surface area (TPSA) is 36.3 Å². The van der Waals surface area contributed by atoms with Crippen LogP contribution in [0.2, 0.25) is 0 Å². The van der Waals surface area contributed by atoms with Crippen LogP contribution in [-0.2, 0) is 12.8 Å². The lowest BCUT2D eigenvalue weighted by Crippen LogP contribution is -2.26. The molecule has 0 amide bonds. The first kappa shape index (κ1) is 12.9. The number of hydrogen-bond acceptors (Lipinski definition) is 3. The van der Waals surface area contributed by atoms with Crippen molar-refractivity contribution in [3.63, 3.8) is 0 Å². The number of fused-ring (bicyclic) bond motifs is 1. The molecular weight excluding hydrogens is 224 g/mol. The summed E-state index contributed by atoms with van der Waals surface area (Å²) in [7, 11) is 0. The first-order chi connectivity index (χ1) is 8.83. The fourth-order valence-corrected chi connectivity index (χ4v) is 2.32. The maximum absolute atomic E-state index is 8.61. The van der Waals surface area contributed by atoms with E-state index < -0.39 is 0 Å². The van der Waals surface area contributed by atoms with Gasteiger partial charge in [-0.15, -0.1) is 0 Å². The molecule has 1 aliphatic rings. The fourth-order valence-electron chi connectivity index (χ4n) is 2.32. The number of nitriles is 1. The molecule has 96 valence electrons. The molecule has 1 heterocycles. The second-order valence-electron chi connectivity index (χ2n) is 4.63. The van der Waals surface area contributed by atoms with Gasteiger partial charge in [-0.25, -0.2) is 0 Å². The van der Waals surface area contributed by atoms with E-state index in [9.17, 15) is 0 Å². The summed E-state index contributed by atoms with van der Waals surface area (Å²) in [6.45, 7) is 5.88. The summed E-state index contributed by atoms with van der Waals surface area (Å²) in [4.78, 5) is 2.33. The summed E-state index contributed by atoms with van der Waals surface area (Å²) in [5.41, 5.74) is 2.71. The van der Waals surface area contributed by atoms with Gasteiger partial charge < -0.3 is 9.64 Å². The van der Waals surface area contributed by atoms with Gasteiger partial charge in [-0.3, -0.25) is 0 Å².